The van der Waals surface area contributed by atoms with Crippen molar-refractivity contribution >= 4 is 0 Å². The van der Waals surface area contributed by atoms with Gasteiger partial charge in [0.25, 0.3) is 0 Å². The lowest BCUT2D eigenvalue weighted by molar-refractivity contribution is -0.0129. The Morgan fingerprint density at radius 2 is 1.74 bits per heavy atom. The van der Waals surface area contributed by atoms with E-state index in [1.807, 2.05) is 20.8 Å². The first-order valence-electron chi connectivity index (χ1n) is 5.86. The summed E-state index contributed by atoms with van der Waals surface area (Å²) in [7, 11) is 1.46. The minimum atomic E-state index is -1.51. The van der Waals surface area contributed by atoms with Gasteiger partial charge in [-0.2, -0.15) is 0 Å². The van der Waals surface area contributed by atoms with Gasteiger partial charge in [0, 0.05) is 12.7 Å². The molecule has 0 saturated heterocycles. The van der Waals surface area contributed by atoms with Crippen molar-refractivity contribution < 1.29 is 17.9 Å². The van der Waals surface area contributed by atoms with E-state index in [0.29, 0.717) is 0 Å². The highest BCUT2D eigenvalue weighted by Gasteiger charge is 2.35. The van der Waals surface area contributed by atoms with E-state index in [2.05, 4.69) is 5.43 Å². The number of rotatable bonds is 4. The van der Waals surface area contributed by atoms with Crippen molar-refractivity contribution in [2.75, 3.05) is 7.11 Å². The Labute approximate surface area is 110 Å². The Hall–Kier alpha value is -1.11. The van der Waals surface area contributed by atoms with Crippen LogP contribution >= 0.6 is 0 Å². The maximum Gasteiger partial charge on any atom is 0.194 e. The summed E-state index contributed by atoms with van der Waals surface area (Å²) in [6.45, 7) is 5.63. The Balaban J connectivity index is 3.28. The van der Waals surface area contributed by atoms with E-state index in [1.165, 1.54) is 7.11 Å². The molecule has 3 N–H and O–H groups in total. The third-order valence-electron chi connectivity index (χ3n) is 2.99. The molecule has 0 bridgehead atoms. The number of ether oxygens (including phenoxy) is 1. The summed E-state index contributed by atoms with van der Waals surface area (Å²) in [5.41, 5.74) is 1.97. The van der Waals surface area contributed by atoms with E-state index in [9.17, 15) is 13.2 Å². The zero-order valence-electron chi connectivity index (χ0n) is 11.4. The van der Waals surface area contributed by atoms with Gasteiger partial charge >= 0.3 is 0 Å². The summed E-state index contributed by atoms with van der Waals surface area (Å²) in [4.78, 5) is 0. The van der Waals surface area contributed by atoms with Crippen molar-refractivity contribution in [1.82, 2.24) is 5.43 Å². The first-order chi connectivity index (χ1) is 8.73. The Bertz CT molecular complexity index is 446. The summed E-state index contributed by atoms with van der Waals surface area (Å²) in [6.07, 6.45) is -0.517. The molecule has 19 heavy (non-hydrogen) atoms. The van der Waals surface area contributed by atoms with Crippen molar-refractivity contribution in [2.45, 2.75) is 32.9 Å². The van der Waals surface area contributed by atoms with Crippen LogP contribution in [0.15, 0.2) is 12.1 Å². The van der Waals surface area contributed by atoms with Crippen LogP contribution < -0.4 is 11.3 Å². The van der Waals surface area contributed by atoms with Crippen LogP contribution in [0.4, 0.5) is 13.2 Å². The zero-order chi connectivity index (χ0) is 14.8. The highest BCUT2D eigenvalue weighted by Crippen LogP contribution is 2.33. The van der Waals surface area contributed by atoms with Crippen molar-refractivity contribution in [3.05, 3.63) is 35.1 Å². The number of hydrogen-bond donors (Lipinski definition) is 2. The molecule has 0 aromatic heterocycles. The molecule has 0 aliphatic rings. The van der Waals surface area contributed by atoms with Crippen LogP contribution in [0.1, 0.15) is 32.4 Å². The van der Waals surface area contributed by atoms with E-state index in [1.54, 1.807) is 0 Å². The molecule has 2 unspecified atom stereocenters. The number of methoxy groups -OCH3 is 1. The van der Waals surface area contributed by atoms with Crippen LogP contribution in [-0.2, 0) is 4.74 Å². The fourth-order valence-corrected chi connectivity index (χ4v) is 2.11. The fourth-order valence-electron chi connectivity index (χ4n) is 2.11. The number of nitrogens with two attached hydrogens (primary N) is 1. The second-order valence-corrected chi connectivity index (χ2v) is 5.43. The van der Waals surface area contributed by atoms with Crippen LogP contribution in [0, 0.1) is 22.9 Å². The van der Waals surface area contributed by atoms with Crippen molar-refractivity contribution in [2.24, 2.45) is 11.3 Å². The Morgan fingerprint density at radius 3 is 2.16 bits per heavy atom. The molecule has 1 aromatic carbocycles. The molecular weight excluding hydrogens is 257 g/mol. The molecule has 0 aliphatic heterocycles. The van der Waals surface area contributed by atoms with Crippen LogP contribution in [0.5, 0.6) is 0 Å². The SMILES string of the molecule is COC(C(NN)c1ccc(F)c(F)c1F)C(C)(C)C. The van der Waals surface area contributed by atoms with Gasteiger partial charge in [-0.25, -0.2) is 13.2 Å². The Morgan fingerprint density at radius 1 is 1.16 bits per heavy atom. The smallest absolute Gasteiger partial charge is 0.194 e. The van der Waals surface area contributed by atoms with E-state index in [0.717, 1.165) is 12.1 Å². The molecule has 1 aromatic rings. The molecule has 1 rings (SSSR count). The third kappa shape index (κ3) is 3.26. The fraction of sp³-hybridized carbons (Fsp3) is 0.538. The minimum absolute atomic E-state index is 0.0665. The van der Waals surface area contributed by atoms with Gasteiger partial charge in [0.05, 0.1) is 12.1 Å². The lowest BCUT2D eigenvalue weighted by Crippen LogP contribution is -2.44. The normalized spacial score (nSPS) is 15.4. The van der Waals surface area contributed by atoms with Gasteiger partial charge in [0.15, 0.2) is 17.5 Å². The van der Waals surface area contributed by atoms with E-state index in [-0.39, 0.29) is 11.0 Å². The van der Waals surface area contributed by atoms with E-state index < -0.39 is 29.6 Å². The van der Waals surface area contributed by atoms with Crippen molar-refractivity contribution in [1.29, 1.82) is 0 Å². The van der Waals surface area contributed by atoms with Gasteiger partial charge < -0.3 is 4.74 Å². The number of halogens is 3. The monoisotopic (exact) mass is 276 g/mol. The van der Waals surface area contributed by atoms with Gasteiger partial charge in [0.2, 0.25) is 0 Å². The second-order valence-electron chi connectivity index (χ2n) is 5.43. The lowest BCUT2D eigenvalue weighted by atomic mass is 9.82. The average molecular weight is 276 g/mol. The topological polar surface area (TPSA) is 47.3 Å². The van der Waals surface area contributed by atoms with Crippen LogP contribution in [0.3, 0.4) is 0 Å². The van der Waals surface area contributed by atoms with Crippen molar-refractivity contribution in [3.63, 3.8) is 0 Å². The summed E-state index contributed by atoms with van der Waals surface area (Å²) in [6, 6.07) is 1.24. The summed E-state index contributed by atoms with van der Waals surface area (Å²) < 4.78 is 45.4. The molecule has 0 fully saturated rings. The van der Waals surface area contributed by atoms with E-state index in [4.69, 9.17) is 10.6 Å². The van der Waals surface area contributed by atoms with E-state index >= 15 is 0 Å². The number of hydrazine groups is 1. The molecule has 0 saturated carbocycles. The maximum atomic E-state index is 13.8. The maximum absolute atomic E-state index is 13.8. The third-order valence-corrected chi connectivity index (χ3v) is 2.99. The first kappa shape index (κ1) is 15.9. The largest absolute Gasteiger partial charge is 0.379 e. The predicted octanol–water partition coefficient (Wildman–Crippen LogP) is 2.67. The second kappa shape index (κ2) is 5.90. The van der Waals surface area contributed by atoms with Gasteiger partial charge in [-0.15, -0.1) is 0 Å². The van der Waals surface area contributed by atoms with Gasteiger partial charge in [-0.3, -0.25) is 11.3 Å². The van der Waals surface area contributed by atoms with Crippen LogP contribution in [-0.4, -0.2) is 13.2 Å². The average Bonchev–Trinajstić information content (AvgIpc) is 2.32. The predicted molar refractivity (Wildman–Crippen MR) is 66.6 cm³/mol. The summed E-state index contributed by atoms with van der Waals surface area (Å²) in [5, 5.41) is 0. The number of nitrogens with one attached hydrogen (secondary N) is 1. The minimum Gasteiger partial charge on any atom is -0.379 e. The first-order valence-corrected chi connectivity index (χ1v) is 5.86. The molecule has 6 heteroatoms. The van der Waals surface area contributed by atoms with Crippen LogP contribution in [0.2, 0.25) is 0 Å². The number of hydrogen-bond acceptors (Lipinski definition) is 3. The quantitative estimate of drug-likeness (QED) is 0.505. The zero-order valence-corrected chi connectivity index (χ0v) is 11.4. The molecular formula is C13H19F3N2O. The van der Waals surface area contributed by atoms with Crippen LogP contribution in [0.25, 0.3) is 0 Å². The molecule has 0 radical (unpaired) electrons. The summed E-state index contributed by atoms with van der Waals surface area (Å²) in [5.74, 6) is 1.42. The molecule has 0 spiro atoms. The van der Waals surface area contributed by atoms with Gasteiger partial charge in [-0.1, -0.05) is 26.8 Å². The van der Waals surface area contributed by atoms with Gasteiger partial charge in [-0.05, 0) is 11.5 Å². The Kier molecular flexibility index (Phi) is 4.95. The lowest BCUT2D eigenvalue weighted by Gasteiger charge is -2.36. The highest BCUT2D eigenvalue weighted by molar-refractivity contribution is 5.25. The number of benzene rings is 1. The molecule has 0 amide bonds. The molecule has 0 aliphatic carbocycles. The molecule has 2 atom stereocenters. The van der Waals surface area contributed by atoms with Crippen molar-refractivity contribution in [3.8, 4) is 0 Å². The molecule has 108 valence electrons. The molecule has 0 heterocycles. The highest BCUT2D eigenvalue weighted by atomic mass is 19.2. The summed E-state index contributed by atoms with van der Waals surface area (Å²) >= 11 is 0. The molecule has 3 nitrogen and oxygen atoms in total. The van der Waals surface area contributed by atoms with Gasteiger partial charge in [0.1, 0.15) is 0 Å². The standard InChI is InChI=1S/C13H19F3N2O/c1-13(2,3)12(19-4)11(18-17)7-5-6-8(14)10(16)9(7)15/h5-6,11-12,18H,17H2,1-4H3.